The zero-order valence-electron chi connectivity index (χ0n) is 16.7. The molecule has 1 saturated carbocycles. The minimum Gasteiger partial charge on any atom is -0.385 e. The van der Waals surface area contributed by atoms with E-state index in [9.17, 15) is 4.79 Å². The summed E-state index contributed by atoms with van der Waals surface area (Å²) in [6.07, 6.45) is 6.90. The summed E-state index contributed by atoms with van der Waals surface area (Å²) < 4.78 is 5.28. The van der Waals surface area contributed by atoms with Crippen LogP contribution in [0.25, 0.3) is 0 Å². The van der Waals surface area contributed by atoms with Crippen LogP contribution in [-0.4, -0.2) is 52.3 Å². The van der Waals surface area contributed by atoms with E-state index in [0.717, 1.165) is 26.0 Å². The van der Waals surface area contributed by atoms with Crippen LogP contribution >= 0.6 is 0 Å². The maximum Gasteiger partial charge on any atom is 0.239 e. The Hall–Kier alpha value is -2.08. The van der Waals surface area contributed by atoms with Gasteiger partial charge in [0.1, 0.15) is 0 Å². The Bertz CT molecular complexity index is 583. The molecule has 0 saturated heterocycles. The molecule has 0 bridgehead atoms. The predicted octanol–water partition coefficient (Wildman–Crippen LogP) is 2.11. The average Bonchev–Trinajstić information content (AvgIpc) is 3.16. The molecule has 1 amide bonds. The Morgan fingerprint density at radius 1 is 1.15 bits per heavy atom. The molecule has 150 valence electrons. The van der Waals surface area contributed by atoms with Gasteiger partial charge in [0.05, 0.1) is 6.54 Å². The number of rotatable bonds is 10. The Labute approximate surface area is 163 Å². The number of benzene rings is 1. The molecule has 1 fully saturated rings. The molecule has 6 nitrogen and oxygen atoms in total. The Morgan fingerprint density at radius 2 is 1.89 bits per heavy atom. The normalized spacial score (nSPS) is 16.1. The molecule has 0 spiro atoms. The minimum atomic E-state index is -0.0242. The molecule has 2 rings (SSSR count). The van der Waals surface area contributed by atoms with Gasteiger partial charge in [0, 0.05) is 33.9 Å². The molecule has 0 atom stereocenters. The van der Waals surface area contributed by atoms with Crippen molar-refractivity contribution in [3.63, 3.8) is 0 Å². The van der Waals surface area contributed by atoms with Crippen molar-refractivity contribution in [1.29, 1.82) is 0 Å². The molecule has 0 radical (unpaired) electrons. The van der Waals surface area contributed by atoms with Crippen molar-refractivity contribution < 1.29 is 9.53 Å². The minimum absolute atomic E-state index is 0.0242. The lowest BCUT2D eigenvalue weighted by molar-refractivity contribution is -0.119. The van der Waals surface area contributed by atoms with Crippen LogP contribution in [0.5, 0.6) is 0 Å². The van der Waals surface area contributed by atoms with Crippen LogP contribution in [0.2, 0.25) is 0 Å². The number of carbonyl (C=O) groups is 1. The number of amides is 1. The molecule has 1 aliphatic rings. The van der Waals surface area contributed by atoms with Crippen LogP contribution in [0.3, 0.4) is 0 Å². The van der Waals surface area contributed by atoms with Crippen molar-refractivity contribution in [3.8, 4) is 0 Å². The smallest absolute Gasteiger partial charge is 0.239 e. The molecule has 0 heterocycles. The molecule has 6 heteroatoms. The first-order chi connectivity index (χ1) is 13.2. The summed E-state index contributed by atoms with van der Waals surface area (Å²) in [5.74, 6) is 0.653. The van der Waals surface area contributed by atoms with Crippen LogP contribution in [-0.2, 0) is 16.0 Å². The molecule has 0 aliphatic heterocycles. The van der Waals surface area contributed by atoms with Crippen molar-refractivity contribution in [2.45, 2.75) is 38.5 Å². The van der Waals surface area contributed by atoms with E-state index in [-0.39, 0.29) is 17.9 Å². The summed E-state index contributed by atoms with van der Waals surface area (Å²) in [4.78, 5) is 16.3. The van der Waals surface area contributed by atoms with Gasteiger partial charge in [0.25, 0.3) is 0 Å². The molecule has 0 unspecified atom stereocenters. The summed E-state index contributed by atoms with van der Waals surface area (Å²) in [5, 5.41) is 9.45. The third kappa shape index (κ3) is 7.59. The largest absolute Gasteiger partial charge is 0.385 e. The van der Waals surface area contributed by atoms with E-state index >= 15 is 0 Å². The number of ether oxygens (including phenoxy) is 1. The van der Waals surface area contributed by atoms with Crippen LogP contribution in [0.15, 0.2) is 35.3 Å². The number of carbonyl (C=O) groups excluding carboxylic acids is 1. The topological polar surface area (TPSA) is 74.8 Å². The summed E-state index contributed by atoms with van der Waals surface area (Å²) in [6.45, 7) is 2.51. The molecule has 0 aromatic heterocycles. The molecule has 1 aliphatic carbocycles. The van der Waals surface area contributed by atoms with E-state index in [1.54, 1.807) is 14.2 Å². The van der Waals surface area contributed by atoms with Crippen molar-refractivity contribution in [2.24, 2.45) is 10.4 Å². The third-order valence-corrected chi connectivity index (χ3v) is 5.35. The standard InChI is InChI=1S/C21H34N4O2/c1-22-20(25-17-21(13-15-27-2)11-6-7-12-21)24-16-19(26)23-14-10-18-8-4-3-5-9-18/h3-5,8-9H,6-7,10-17H2,1-2H3,(H,23,26)(H2,22,24,25). The predicted molar refractivity (Wildman–Crippen MR) is 110 cm³/mol. The third-order valence-electron chi connectivity index (χ3n) is 5.35. The van der Waals surface area contributed by atoms with Crippen molar-refractivity contribution in [2.75, 3.05) is 40.4 Å². The molecule has 1 aromatic carbocycles. The molecule has 1 aromatic rings. The number of aliphatic imine (C=N–C) groups is 1. The van der Waals surface area contributed by atoms with Gasteiger partial charge in [-0.2, -0.15) is 0 Å². The van der Waals surface area contributed by atoms with Crippen LogP contribution in [0, 0.1) is 5.41 Å². The number of guanidine groups is 1. The SMILES string of the molecule is CN=C(NCC(=O)NCCc1ccccc1)NCC1(CCOC)CCCC1. The fourth-order valence-electron chi connectivity index (χ4n) is 3.67. The van der Waals surface area contributed by atoms with Crippen molar-refractivity contribution >= 4 is 11.9 Å². The lowest BCUT2D eigenvalue weighted by atomic mass is 9.83. The maximum absolute atomic E-state index is 12.0. The first kappa shape index (κ1) is 21.2. The van der Waals surface area contributed by atoms with Crippen molar-refractivity contribution in [3.05, 3.63) is 35.9 Å². The highest BCUT2D eigenvalue weighted by Gasteiger charge is 2.33. The Balaban J connectivity index is 1.67. The van der Waals surface area contributed by atoms with Crippen LogP contribution in [0.4, 0.5) is 0 Å². The van der Waals surface area contributed by atoms with Gasteiger partial charge in [-0.25, -0.2) is 0 Å². The highest BCUT2D eigenvalue weighted by atomic mass is 16.5. The second-order valence-electron chi connectivity index (χ2n) is 7.31. The Morgan fingerprint density at radius 3 is 2.56 bits per heavy atom. The van der Waals surface area contributed by atoms with Gasteiger partial charge >= 0.3 is 0 Å². The van der Waals surface area contributed by atoms with Crippen molar-refractivity contribution in [1.82, 2.24) is 16.0 Å². The lowest BCUT2D eigenvalue weighted by Gasteiger charge is -2.29. The van der Waals surface area contributed by atoms with Gasteiger partial charge in [0.15, 0.2) is 5.96 Å². The fraction of sp³-hybridized carbons (Fsp3) is 0.619. The van der Waals surface area contributed by atoms with Gasteiger partial charge in [-0.15, -0.1) is 0 Å². The fourth-order valence-corrected chi connectivity index (χ4v) is 3.67. The quantitative estimate of drug-likeness (QED) is 0.433. The van der Waals surface area contributed by atoms with E-state index in [4.69, 9.17) is 4.74 Å². The van der Waals surface area contributed by atoms with E-state index in [1.807, 2.05) is 18.2 Å². The zero-order valence-corrected chi connectivity index (χ0v) is 16.7. The highest BCUT2D eigenvalue weighted by molar-refractivity contribution is 5.86. The van der Waals surface area contributed by atoms with Crippen LogP contribution < -0.4 is 16.0 Å². The first-order valence-electron chi connectivity index (χ1n) is 9.91. The van der Waals surface area contributed by atoms with Gasteiger partial charge in [-0.1, -0.05) is 43.2 Å². The second kappa shape index (κ2) is 11.6. The summed E-state index contributed by atoms with van der Waals surface area (Å²) in [7, 11) is 3.49. The zero-order chi connectivity index (χ0) is 19.4. The Kier molecular flexibility index (Phi) is 9.11. The summed E-state index contributed by atoms with van der Waals surface area (Å²) >= 11 is 0. The number of nitrogens with zero attached hydrogens (tertiary/aromatic N) is 1. The monoisotopic (exact) mass is 374 g/mol. The molecular weight excluding hydrogens is 340 g/mol. The number of nitrogens with one attached hydrogen (secondary N) is 3. The maximum atomic E-state index is 12.0. The van der Waals surface area contributed by atoms with Gasteiger partial charge < -0.3 is 20.7 Å². The summed E-state index contributed by atoms with van der Waals surface area (Å²) in [5.41, 5.74) is 1.51. The van der Waals surface area contributed by atoms with E-state index in [2.05, 4.69) is 33.1 Å². The summed E-state index contributed by atoms with van der Waals surface area (Å²) in [6, 6.07) is 10.2. The van der Waals surface area contributed by atoms with Gasteiger partial charge in [0.2, 0.25) is 5.91 Å². The number of hydrogen-bond acceptors (Lipinski definition) is 3. The molecule has 27 heavy (non-hydrogen) atoms. The second-order valence-corrected chi connectivity index (χ2v) is 7.31. The average molecular weight is 375 g/mol. The molecular formula is C21H34N4O2. The highest BCUT2D eigenvalue weighted by Crippen LogP contribution is 2.40. The van der Waals surface area contributed by atoms with E-state index in [0.29, 0.717) is 12.5 Å². The van der Waals surface area contributed by atoms with Crippen LogP contribution in [0.1, 0.15) is 37.7 Å². The number of methoxy groups -OCH3 is 1. The van der Waals surface area contributed by atoms with Gasteiger partial charge in [-0.3, -0.25) is 9.79 Å². The molecule has 3 N–H and O–H groups in total. The van der Waals surface area contributed by atoms with E-state index < -0.39 is 0 Å². The lowest BCUT2D eigenvalue weighted by Crippen LogP contribution is -2.46. The van der Waals surface area contributed by atoms with E-state index in [1.165, 1.54) is 31.2 Å². The number of hydrogen-bond donors (Lipinski definition) is 3. The first-order valence-corrected chi connectivity index (χ1v) is 9.91. The van der Waals surface area contributed by atoms with Gasteiger partial charge in [-0.05, 0) is 36.7 Å².